The molecule has 0 radical (unpaired) electrons. The fourth-order valence-electron chi connectivity index (χ4n) is 4.30. The third-order valence-electron chi connectivity index (χ3n) is 5.92. The molecule has 3 aromatic rings. The van der Waals surface area contributed by atoms with Crippen molar-refractivity contribution in [2.75, 3.05) is 23.3 Å². The van der Waals surface area contributed by atoms with Crippen LogP contribution in [-0.2, 0) is 10.7 Å². The number of anilines is 2. The van der Waals surface area contributed by atoms with Crippen LogP contribution in [-0.4, -0.2) is 40.0 Å². The molecule has 10 heteroatoms. The van der Waals surface area contributed by atoms with Gasteiger partial charge in [-0.3, -0.25) is 4.79 Å². The largest absolute Gasteiger partial charge is 0.363 e. The van der Waals surface area contributed by atoms with Gasteiger partial charge < -0.3 is 15.5 Å². The Morgan fingerprint density at radius 1 is 1.29 bits per heavy atom. The highest BCUT2D eigenvalue weighted by atomic mass is 19.3. The van der Waals surface area contributed by atoms with Crippen LogP contribution in [0.5, 0.6) is 0 Å². The van der Waals surface area contributed by atoms with E-state index in [0.717, 1.165) is 19.0 Å². The summed E-state index contributed by atoms with van der Waals surface area (Å²) in [6.07, 6.45) is 2.46. The Morgan fingerprint density at radius 3 is 2.76 bits per heavy atom. The molecule has 0 bridgehead atoms. The molecule has 3 heterocycles. The van der Waals surface area contributed by atoms with E-state index in [1.807, 2.05) is 6.07 Å². The topological polar surface area (TPSA) is 83.0 Å². The molecule has 4 rings (SSSR count). The van der Waals surface area contributed by atoms with Crippen LogP contribution in [0.4, 0.5) is 24.8 Å². The molecule has 1 aliphatic heterocycles. The quantitative estimate of drug-likeness (QED) is 0.551. The van der Waals surface area contributed by atoms with Crippen molar-refractivity contribution < 1.29 is 18.0 Å². The minimum absolute atomic E-state index is 0.0498. The number of nitrogens with one attached hydrogen (secondary N) is 2. The Hall–Kier alpha value is -3.43. The number of pyridine rings is 1. The first-order valence-corrected chi connectivity index (χ1v) is 11.1. The maximum Gasteiger partial charge on any atom is 0.273 e. The van der Waals surface area contributed by atoms with E-state index < -0.39 is 23.3 Å². The highest BCUT2D eigenvalue weighted by Crippen LogP contribution is 2.34. The van der Waals surface area contributed by atoms with Gasteiger partial charge in [-0.25, -0.2) is 28.1 Å². The van der Waals surface area contributed by atoms with Crippen molar-refractivity contribution in [3.8, 4) is 0 Å². The van der Waals surface area contributed by atoms with E-state index in [1.165, 1.54) is 19.1 Å². The zero-order chi connectivity index (χ0) is 24.6. The maximum absolute atomic E-state index is 14.9. The first kappa shape index (κ1) is 23.7. The van der Waals surface area contributed by atoms with E-state index in [4.69, 9.17) is 0 Å². The van der Waals surface area contributed by atoms with E-state index >= 15 is 0 Å². The van der Waals surface area contributed by atoms with Crippen LogP contribution < -0.4 is 15.5 Å². The molecule has 2 aromatic heterocycles. The highest BCUT2D eigenvalue weighted by molar-refractivity contribution is 5.90. The molecule has 0 spiro atoms. The molecular formula is C24H27F3N6O. The second-order valence-corrected chi connectivity index (χ2v) is 8.77. The number of carbonyl (C=O) groups is 1. The number of aryl methyl sites for hydroxylation is 1. The number of benzene rings is 1. The number of hydrogen-bond acceptors (Lipinski definition) is 6. The van der Waals surface area contributed by atoms with Crippen molar-refractivity contribution in [1.29, 1.82) is 0 Å². The van der Waals surface area contributed by atoms with Crippen LogP contribution in [0.2, 0.25) is 0 Å². The first-order valence-electron chi connectivity index (χ1n) is 11.1. The predicted molar refractivity (Wildman–Crippen MR) is 125 cm³/mol. The maximum atomic E-state index is 14.9. The van der Waals surface area contributed by atoms with E-state index in [0.29, 0.717) is 41.8 Å². The van der Waals surface area contributed by atoms with Crippen LogP contribution >= 0.6 is 0 Å². The summed E-state index contributed by atoms with van der Waals surface area (Å²) in [5.41, 5.74) is 0.0879. The Bertz CT molecular complexity index is 1230. The number of halogens is 3. The molecule has 0 aliphatic carbocycles. The molecule has 0 saturated carbocycles. The summed E-state index contributed by atoms with van der Waals surface area (Å²) < 4.78 is 42.6. The van der Waals surface area contributed by atoms with Crippen molar-refractivity contribution in [2.45, 2.75) is 52.1 Å². The van der Waals surface area contributed by atoms with Gasteiger partial charge in [-0.2, -0.15) is 0 Å². The zero-order valence-corrected chi connectivity index (χ0v) is 19.5. The number of amides is 1. The van der Waals surface area contributed by atoms with Gasteiger partial charge in [0, 0.05) is 43.9 Å². The summed E-state index contributed by atoms with van der Waals surface area (Å²) in [5.74, 6) is -2.62. The molecule has 2 atom stereocenters. The average molecular weight is 473 g/mol. The van der Waals surface area contributed by atoms with Crippen molar-refractivity contribution in [3.63, 3.8) is 0 Å². The summed E-state index contributed by atoms with van der Waals surface area (Å²) in [4.78, 5) is 26.9. The average Bonchev–Trinajstić information content (AvgIpc) is 3.20. The Labute approximate surface area is 195 Å². The lowest BCUT2D eigenvalue weighted by atomic mass is 10.0. The van der Waals surface area contributed by atoms with Gasteiger partial charge in [0.15, 0.2) is 0 Å². The lowest BCUT2D eigenvalue weighted by molar-refractivity contribution is -0.119. The van der Waals surface area contributed by atoms with Gasteiger partial charge in [0.05, 0.1) is 23.3 Å². The monoisotopic (exact) mass is 472 g/mol. The fourth-order valence-corrected chi connectivity index (χ4v) is 4.30. The van der Waals surface area contributed by atoms with Gasteiger partial charge in [-0.1, -0.05) is 18.2 Å². The van der Waals surface area contributed by atoms with E-state index in [1.54, 1.807) is 20.0 Å². The standard InChI is InChI=1S/C24H27F3N6O/c1-13(17-6-5-7-19(22(17)25)24(4,26)27)29-23-18-10-21(28-11-20(18)30-14(2)31-23)33-9-8-16(12-33)32-15(3)34/h5-7,10-11,13,16H,8-9,12H2,1-4H3,(H,32,34)(H,29,30,31)/t13?,16-/m0/s1. The zero-order valence-electron chi connectivity index (χ0n) is 19.5. The molecule has 1 aromatic carbocycles. The van der Waals surface area contributed by atoms with Crippen LogP contribution in [0.15, 0.2) is 30.5 Å². The van der Waals surface area contributed by atoms with Gasteiger partial charge in [0.25, 0.3) is 5.92 Å². The third-order valence-corrected chi connectivity index (χ3v) is 5.92. The summed E-state index contributed by atoms with van der Waals surface area (Å²) in [7, 11) is 0. The molecule has 1 aliphatic rings. The second kappa shape index (κ2) is 9.08. The van der Waals surface area contributed by atoms with Crippen molar-refractivity contribution in [3.05, 3.63) is 53.2 Å². The smallest absolute Gasteiger partial charge is 0.273 e. The number of hydrogen-bond donors (Lipinski definition) is 2. The molecule has 34 heavy (non-hydrogen) atoms. The van der Waals surface area contributed by atoms with E-state index in [2.05, 4.69) is 30.5 Å². The van der Waals surface area contributed by atoms with Crippen molar-refractivity contribution in [1.82, 2.24) is 20.3 Å². The number of aromatic nitrogens is 3. The Morgan fingerprint density at radius 2 is 2.06 bits per heavy atom. The van der Waals surface area contributed by atoms with E-state index in [-0.39, 0.29) is 17.5 Å². The molecule has 180 valence electrons. The lowest BCUT2D eigenvalue weighted by Crippen LogP contribution is -2.35. The Kier molecular flexibility index (Phi) is 6.33. The number of rotatable bonds is 6. The van der Waals surface area contributed by atoms with Crippen LogP contribution in [0.3, 0.4) is 0 Å². The van der Waals surface area contributed by atoms with Gasteiger partial charge in [-0.15, -0.1) is 0 Å². The normalized spacial score (nSPS) is 17.1. The van der Waals surface area contributed by atoms with Gasteiger partial charge in [0.1, 0.15) is 23.3 Å². The van der Waals surface area contributed by atoms with Crippen molar-refractivity contribution in [2.24, 2.45) is 0 Å². The number of fused-ring (bicyclic) bond motifs is 1. The summed E-state index contributed by atoms with van der Waals surface area (Å²) in [6, 6.07) is 5.28. The molecule has 1 unspecified atom stereocenters. The minimum Gasteiger partial charge on any atom is -0.363 e. The molecule has 1 saturated heterocycles. The minimum atomic E-state index is -3.29. The predicted octanol–water partition coefficient (Wildman–Crippen LogP) is 4.47. The number of alkyl halides is 2. The fraction of sp³-hybridized carbons (Fsp3) is 0.417. The summed E-state index contributed by atoms with van der Waals surface area (Å²) in [6.45, 7) is 6.97. The molecule has 1 fully saturated rings. The Balaban J connectivity index is 1.65. The second-order valence-electron chi connectivity index (χ2n) is 8.77. The lowest BCUT2D eigenvalue weighted by Gasteiger charge is -2.21. The number of carbonyl (C=O) groups excluding carboxylic acids is 1. The van der Waals surface area contributed by atoms with Crippen LogP contribution in [0, 0.1) is 12.7 Å². The first-order chi connectivity index (χ1) is 16.0. The van der Waals surface area contributed by atoms with Crippen LogP contribution in [0.1, 0.15) is 50.2 Å². The molecule has 2 N–H and O–H groups in total. The SMILES string of the molecule is CC(=O)N[C@H]1CCN(c2cc3c(NC(C)c4cccc(C(C)(F)F)c4F)nc(C)nc3cn2)C1. The molecule has 1 amide bonds. The summed E-state index contributed by atoms with van der Waals surface area (Å²) in [5, 5.41) is 6.79. The molecule has 7 nitrogen and oxygen atoms in total. The van der Waals surface area contributed by atoms with Gasteiger partial charge in [-0.05, 0) is 26.3 Å². The third kappa shape index (κ3) is 4.90. The van der Waals surface area contributed by atoms with Gasteiger partial charge >= 0.3 is 0 Å². The van der Waals surface area contributed by atoms with E-state index in [9.17, 15) is 18.0 Å². The molecular weight excluding hydrogens is 445 g/mol. The van der Waals surface area contributed by atoms with Gasteiger partial charge in [0.2, 0.25) is 5.91 Å². The highest BCUT2D eigenvalue weighted by Gasteiger charge is 2.30. The van der Waals surface area contributed by atoms with Crippen LogP contribution in [0.25, 0.3) is 10.9 Å². The summed E-state index contributed by atoms with van der Waals surface area (Å²) >= 11 is 0. The van der Waals surface area contributed by atoms with Crippen molar-refractivity contribution >= 4 is 28.4 Å². The number of nitrogens with zero attached hydrogens (tertiary/aromatic N) is 4.